The molecule has 0 aliphatic carbocycles. The lowest BCUT2D eigenvalue weighted by atomic mass is 10.2. The number of rotatable bonds is 2. The Morgan fingerprint density at radius 1 is 1.19 bits per heavy atom. The van der Waals surface area contributed by atoms with Gasteiger partial charge < -0.3 is 0 Å². The summed E-state index contributed by atoms with van der Waals surface area (Å²) in [5, 5.41) is 0.529. The molecule has 0 N–H and O–H groups in total. The number of aromatic nitrogens is 1. The molecule has 88 valence electrons. The van der Waals surface area contributed by atoms with Crippen molar-refractivity contribution >= 4 is 8.07 Å². The van der Waals surface area contributed by atoms with Crippen molar-refractivity contribution in [2.75, 3.05) is 0 Å². The fraction of sp³-hybridized carbons (Fsp3) is 0.643. The highest BCUT2D eigenvalue weighted by atomic mass is 28.3. The van der Waals surface area contributed by atoms with E-state index in [1.54, 1.807) is 0 Å². The summed E-state index contributed by atoms with van der Waals surface area (Å²) in [5.74, 6) is 0. The van der Waals surface area contributed by atoms with Crippen LogP contribution in [0.5, 0.6) is 0 Å². The van der Waals surface area contributed by atoms with Gasteiger partial charge >= 0.3 is 0 Å². The monoisotopic (exact) mass is 233 g/mol. The van der Waals surface area contributed by atoms with Gasteiger partial charge in [0, 0.05) is 11.9 Å². The maximum absolute atomic E-state index is 4.54. The van der Waals surface area contributed by atoms with Crippen LogP contribution >= 0.6 is 0 Å². The molecule has 0 atom stereocenters. The number of nitrogens with zero attached hydrogens (tertiary/aromatic N) is 1. The van der Waals surface area contributed by atoms with E-state index in [-0.39, 0.29) is 0 Å². The number of hydrogen-bond donors (Lipinski definition) is 0. The van der Waals surface area contributed by atoms with Gasteiger partial charge in [0.2, 0.25) is 0 Å². The molecule has 0 amide bonds. The largest absolute Gasteiger partial charge is 0.262 e. The lowest BCUT2D eigenvalue weighted by Gasteiger charge is -2.40. The van der Waals surface area contributed by atoms with Crippen LogP contribution in [0.3, 0.4) is 0 Å². The second-order valence-corrected chi connectivity index (χ2v) is 11.6. The predicted molar refractivity (Wildman–Crippen MR) is 72.3 cm³/mol. The Labute approximate surface area is 100 Å². The lowest BCUT2D eigenvalue weighted by Crippen LogP contribution is -2.43. The Morgan fingerprint density at radius 3 is 2.38 bits per heavy atom. The first-order valence-corrected chi connectivity index (χ1v) is 9.06. The first kappa shape index (κ1) is 11.8. The highest BCUT2D eigenvalue weighted by Gasteiger charge is 2.45. The molecule has 2 heteroatoms. The maximum Gasteiger partial charge on any atom is 0.0650 e. The Morgan fingerprint density at radius 2 is 1.88 bits per heavy atom. The molecule has 1 aliphatic heterocycles. The molecule has 0 unspecified atom stereocenters. The van der Waals surface area contributed by atoms with E-state index in [0.29, 0.717) is 5.04 Å². The van der Waals surface area contributed by atoms with Gasteiger partial charge in [-0.2, -0.15) is 0 Å². The van der Waals surface area contributed by atoms with Crippen LogP contribution in [-0.2, 0) is 6.04 Å². The number of pyridine rings is 1. The number of hydrogen-bond acceptors (Lipinski definition) is 1. The molecule has 0 spiro atoms. The summed E-state index contributed by atoms with van der Waals surface area (Å²) in [7, 11) is -1.14. The van der Waals surface area contributed by atoms with Gasteiger partial charge in [-0.1, -0.05) is 51.8 Å². The standard InChI is InChI=1S/C14H23NSi/c1-14(2,3)16(10-6-7-11-16)12-13-8-4-5-9-15-13/h4-5,8-9H,6-7,10-12H2,1-3H3. The van der Waals surface area contributed by atoms with Gasteiger partial charge in [-0.05, 0) is 23.2 Å². The van der Waals surface area contributed by atoms with Crippen molar-refractivity contribution in [1.29, 1.82) is 0 Å². The Bertz CT molecular complexity index is 334. The van der Waals surface area contributed by atoms with Gasteiger partial charge in [0.25, 0.3) is 0 Å². The highest BCUT2D eigenvalue weighted by Crippen LogP contribution is 2.48. The van der Waals surface area contributed by atoms with Gasteiger partial charge in [-0.15, -0.1) is 0 Å². The minimum atomic E-state index is -1.14. The molecule has 1 aliphatic rings. The van der Waals surface area contributed by atoms with E-state index in [1.807, 2.05) is 12.3 Å². The van der Waals surface area contributed by atoms with Crippen LogP contribution in [0.2, 0.25) is 17.1 Å². The summed E-state index contributed by atoms with van der Waals surface area (Å²) in [4.78, 5) is 4.54. The van der Waals surface area contributed by atoms with Crippen molar-refractivity contribution in [2.45, 2.75) is 56.8 Å². The Hall–Kier alpha value is -0.633. The predicted octanol–water partition coefficient (Wildman–Crippen LogP) is 4.21. The minimum absolute atomic E-state index is 0.529. The summed E-state index contributed by atoms with van der Waals surface area (Å²) in [6, 6.07) is 10.7. The van der Waals surface area contributed by atoms with Crippen LogP contribution in [0.15, 0.2) is 24.4 Å². The fourth-order valence-electron chi connectivity index (χ4n) is 3.09. The first-order chi connectivity index (χ1) is 7.54. The van der Waals surface area contributed by atoms with Crippen molar-refractivity contribution in [3.63, 3.8) is 0 Å². The highest BCUT2D eigenvalue weighted by molar-refractivity contribution is 6.82. The third-order valence-electron chi connectivity index (χ3n) is 4.40. The minimum Gasteiger partial charge on any atom is -0.262 e. The Balaban J connectivity index is 2.22. The molecule has 1 saturated heterocycles. The van der Waals surface area contributed by atoms with E-state index >= 15 is 0 Å². The van der Waals surface area contributed by atoms with Gasteiger partial charge in [-0.25, -0.2) is 0 Å². The van der Waals surface area contributed by atoms with Crippen LogP contribution in [0.1, 0.15) is 39.3 Å². The maximum atomic E-state index is 4.54. The Kier molecular flexibility index (Phi) is 3.20. The normalized spacial score (nSPS) is 19.9. The molecule has 1 nitrogen and oxygen atoms in total. The van der Waals surface area contributed by atoms with Crippen LogP contribution in [0.25, 0.3) is 0 Å². The molecule has 0 bridgehead atoms. The molecule has 0 radical (unpaired) electrons. The molecular formula is C14H23NSi. The zero-order valence-corrected chi connectivity index (χ0v) is 11.8. The van der Waals surface area contributed by atoms with Crippen LogP contribution in [0, 0.1) is 0 Å². The summed E-state index contributed by atoms with van der Waals surface area (Å²) < 4.78 is 0. The fourth-order valence-corrected chi connectivity index (χ4v) is 8.48. The topological polar surface area (TPSA) is 12.9 Å². The summed E-state index contributed by atoms with van der Waals surface area (Å²) in [5.41, 5.74) is 1.32. The van der Waals surface area contributed by atoms with Crippen molar-refractivity contribution in [1.82, 2.24) is 4.98 Å². The zero-order chi connectivity index (χ0) is 11.6. The SMILES string of the molecule is CC(C)(C)[Si]1(Cc2ccccn2)CCCC1. The van der Waals surface area contributed by atoms with Crippen molar-refractivity contribution in [3.05, 3.63) is 30.1 Å². The van der Waals surface area contributed by atoms with Crippen molar-refractivity contribution in [3.8, 4) is 0 Å². The van der Waals surface area contributed by atoms with E-state index < -0.39 is 8.07 Å². The molecule has 0 aromatic carbocycles. The summed E-state index contributed by atoms with van der Waals surface area (Å²) in [6.45, 7) is 7.36. The molecule has 16 heavy (non-hydrogen) atoms. The van der Waals surface area contributed by atoms with Crippen LogP contribution in [0.4, 0.5) is 0 Å². The molecule has 2 rings (SSSR count). The quantitative estimate of drug-likeness (QED) is 0.697. The second kappa shape index (κ2) is 4.32. The summed E-state index contributed by atoms with van der Waals surface area (Å²) in [6.07, 6.45) is 4.85. The van der Waals surface area contributed by atoms with Gasteiger partial charge in [0.05, 0.1) is 8.07 Å². The van der Waals surface area contributed by atoms with Crippen molar-refractivity contribution < 1.29 is 0 Å². The zero-order valence-electron chi connectivity index (χ0n) is 10.8. The third kappa shape index (κ3) is 2.22. The smallest absolute Gasteiger partial charge is 0.0650 e. The van der Waals surface area contributed by atoms with Gasteiger partial charge in [0.1, 0.15) is 0 Å². The molecule has 1 aromatic heterocycles. The molecule has 2 heterocycles. The second-order valence-electron chi connectivity index (χ2n) is 6.24. The van der Waals surface area contributed by atoms with E-state index in [1.165, 1.54) is 36.7 Å². The molecule has 1 fully saturated rings. The van der Waals surface area contributed by atoms with Gasteiger partial charge in [-0.3, -0.25) is 4.98 Å². The van der Waals surface area contributed by atoms with Gasteiger partial charge in [0.15, 0.2) is 0 Å². The van der Waals surface area contributed by atoms with E-state index in [9.17, 15) is 0 Å². The molecule has 0 saturated carbocycles. The molecule has 1 aromatic rings. The van der Waals surface area contributed by atoms with Crippen LogP contribution < -0.4 is 0 Å². The first-order valence-electron chi connectivity index (χ1n) is 6.43. The van der Waals surface area contributed by atoms with E-state index in [4.69, 9.17) is 0 Å². The lowest BCUT2D eigenvalue weighted by molar-refractivity contribution is 0.702. The van der Waals surface area contributed by atoms with E-state index in [0.717, 1.165) is 0 Å². The average Bonchev–Trinajstić information content (AvgIpc) is 2.68. The van der Waals surface area contributed by atoms with Crippen molar-refractivity contribution in [2.24, 2.45) is 0 Å². The van der Waals surface area contributed by atoms with Crippen LogP contribution in [-0.4, -0.2) is 13.1 Å². The average molecular weight is 233 g/mol. The molecular weight excluding hydrogens is 210 g/mol. The summed E-state index contributed by atoms with van der Waals surface area (Å²) >= 11 is 0. The third-order valence-corrected chi connectivity index (χ3v) is 11.2. The van der Waals surface area contributed by atoms with E-state index in [2.05, 4.69) is 37.9 Å².